The zero-order chi connectivity index (χ0) is 21.3. The van der Waals surface area contributed by atoms with Gasteiger partial charge in [-0.05, 0) is 61.9 Å². The van der Waals surface area contributed by atoms with Gasteiger partial charge in [0.05, 0.1) is 6.10 Å². The molecule has 2 aliphatic rings. The van der Waals surface area contributed by atoms with Crippen LogP contribution in [0.4, 0.5) is 10.3 Å². The molecule has 2 aromatic rings. The van der Waals surface area contributed by atoms with Crippen molar-refractivity contribution in [2.75, 3.05) is 31.1 Å². The molecule has 0 unspecified atom stereocenters. The minimum absolute atomic E-state index is 0.0977. The molecule has 2 aliphatic heterocycles. The molecule has 0 aliphatic carbocycles. The van der Waals surface area contributed by atoms with Crippen LogP contribution in [0.5, 0.6) is 0 Å². The van der Waals surface area contributed by atoms with Gasteiger partial charge in [-0.1, -0.05) is 6.92 Å². The highest BCUT2D eigenvalue weighted by molar-refractivity contribution is 5.95. The lowest BCUT2D eigenvalue weighted by molar-refractivity contribution is -0.0364. The van der Waals surface area contributed by atoms with Crippen LogP contribution in [0.1, 0.15) is 47.7 Å². The van der Waals surface area contributed by atoms with Gasteiger partial charge in [-0.25, -0.2) is 14.4 Å². The van der Waals surface area contributed by atoms with Crippen molar-refractivity contribution in [3.05, 3.63) is 53.1 Å². The molecular weight excluding hydrogens is 383 g/mol. The zero-order valence-electron chi connectivity index (χ0n) is 17.6. The van der Waals surface area contributed by atoms with E-state index >= 15 is 0 Å². The van der Waals surface area contributed by atoms with Crippen LogP contribution in [0.25, 0.3) is 0 Å². The summed E-state index contributed by atoms with van der Waals surface area (Å²) in [6.45, 7) is 6.26. The number of likely N-dealkylation sites (tertiary alicyclic amines) is 1. The first-order valence-corrected chi connectivity index (χ1v) is 10.7. The van der Waals surface area contributed by atoms with Gasteiger partial charge in [-0.2, -0.15) is 0 Å². The number of hydrogen-bond acceptors (Lipinski definition) is 5. The SMILES string of the molecule is CCc1cnc(N2CC[C@@H](O)[C@]3(CCCN(C(=O)c4ccc(F)cc4C)C3)C2)nc1. The van der Waals surface area contributed by atoms with E-state index < -0.39 is 11.5 Å². The molecule has 30 heavy (non-hydrogen) atoms. The first-order chi connectivity index (χ1) is 14.4. The van der Waals surface area contributed by atoms with Crippen molar-refractivity contribution < 1.29 is 14.3 Å². The summed E-state index contributed by atoms with van der Waals surface area (Å²) in [6.07, 6.45) is 6.42. The number of carbonyl (C=O) groups is 1. The number of carbonyl (C=O) groups excluding carboxylic acids is 1. The highest BCUT2D eigenvalue weighted by atomic mass is 19.1. The van der Waals surface area contributed by atoms with E-state index in [-0.39, 0.29) is 11.7 Å². The molecule has 2 fully saturated rings. The number of rotatable bonds is 3. The van der Waals surface area contributed by atoms with Crippen LogP contribution in [-0.4, -0.2) is 58.2 Å². The Morgan fingerprint density at radius 2 is 2.03 bits per heavy atom. The molecule has 7 heteroatoms. The number of aliphatic hydroxyl groups excluding tert-OH is 1. The number of amides is 1. The largest absolute Gasteiger partial charge is 0.392 e. The number of anilines is 1. The highest BCUT2D eigenvalue weighted by Crippen LogP contribution is 2.40. The smallest absolute Gasteiger partial charge is 0.254 e. The summed E-state index contributed by atoms with van der Waals surface area (Å²) < 4.78 is 13.5. The van der Waals surface area contributed by atoms with Gasteiger partial charge in [0.15, 0.2) is 0 Å². The number of aryl methyl sites for hydroxylation is 2. The zero-order valence-corrected chi connectivity index (χ0v) is 17.6. The van der Waals surface area contributed by atoms with E-state index in [1.54, 1.807) is 13.0 Å². The number of nitrogens with zero attached hydrogens (tertiary/aromatic N) is 4. The van der Waals surface area contributed by atoms with Crippen LogP contribution in [0, 0.1) is 18.2 Å². The van der Waals surface area contributed by atoms with Crippen molar-refractivity contribution in [1.82, 2.24) is 14.9 Å². The Labute approximate surface area is 176 Å². The molecule has 160 valence electrons. The predicted molar refractivity (Wildman–Crippen MR) is 113 cm³/mol. The lowest BCUT2D eigenvalue weighted by atomic mass is 9.71. The van der Waals surface area contributed by atoms with Crippen LogP contribution in [-0.2, 0) is 6.42 Å². The van der Waals surface area contributed by atoms with Gasteiger partial charge in [0.2, 0.25) is 5.95 Å². The Balaban J connectivity index is 1.54. The van der Waals surface area contributed by atoms with Gasteiger partial charge < -0.3 is 14.9 Å². The van der Waals surface area contributed by atoms with E-state index in [9.17, 15) is 14.3 Å². The quantitative estimate of drug-likeness (QED) is 0.839. The molecule has 0 bridgehead atoms. The van der Waals surface area contributed by atoms with E-state index in [1.165, 1.54) is 12.1 Å². The average molecular weight is 413 g/mol. The summed E-state index contributed by atoms with van der Waals surface area (Å²) in [6, 6.07) is 4.27. The Kier molecular flexibility index (Phi) is 5.73. The molecule has 1 aromatic carbocycles. The average Bonchev–Trinajstić information content (AvgIpc) is 2.76. The standard InChI is InChI=1S/C23H29FN4O2/c1-3-17-12-25-22(26-13-17)28-10-7-20(29)23(15-28)8-4-9-27(14-23)21(30)19-6-5-18(24)11-16(19)2/h5-6,11-13,20,29H,3-4,7-10,14-15H2,1-2H3/t20-,23+/m1/s1. The third-order valence-electron chi connectivity index (χ3n) is 6.58. The molecule has 1 amide bonds. The molecule has 1 aromatic heterocycles. The minimum atomic E-state index is -0.478. The number of halogens is 1. The van der Waals surface area contributed by atoms with Gasteiger partial charge in [0, 0.05) is 49.6 Å². The van der Waals surface area contributed by atoms with Crippen molar-refractivity contribution in [1.29, 1.82) is 0 Å². The third kappa shape index (κ3) is 3.90. The maximum Gasteiger partial charge on any atom is 0.254 e. The normalized spacial score (nSPS) is 24.3. The highest BCUT2D eigenvalue weighted by Gasteiger charge is 2.47. The van der Waals surface area contributed by atoms with Gasteiger partial charge in [0.25, 0.3) is 5.91 Å². The molecule has 4 rings (SSSR count). The second-order valence-corrected chi connectivity index (χ2v) is 8.62. The lowest BCUT2D eigenvalue weighted by Crippen LogP contribution is -2.60. The van der Waals surface area contributed by atoms with Crippen LogP contribution >= 0.6 is 0 Å². The summed E-state index contributed by atoms with van der Waals surface area (Å²) in [5.74, 6) is 0.238. The molecule has 1 N–H and O–H groups in total. The molecule has 0 saturated carbocycles. The number of benzene rings is 1. The molecule has 0 radical (unpaired) electrons. The monoisotopic (exact) mass is 412 g/mol. The second kappa shape index (κ2) is 8.30. The second-order valence-electron chi connectivity index (χ2n) is 8.62. The lowest BCUT2D eigenvalue weighted by Gasteiger charge is -2.51. The Morgan fingerprint density at radius 1 is 1.27 bits per heavy atom. The van der Waals surface area contributed by atoms with Crippen LogP contribution in [0.3, 0.4) is 0 Å². The van der Waals surface area contributed by atoms with E-state index in [0.717, 1.165) is 24.8 Å². The summed E-state index contributed by atoms with van der Waals surface area (Å²) in [4.78, 5) is 26.1. The Bertz CT molecular complexity index is 920. The molecule has 3 heterocycles. The first-order valence-electron chi connectivity index (χ1n) is 10.7. The Morgan fingerprint density at radius 3 is 2.73 bits per heavy atom. The van der Waals surface area contributed by atoms with Gasteiger partial charge in [-0.3, -0.25) is 4.79 Å². The van der Waals surface area contributed by atoms with Crippen molar-refractivity contribution in [3.8, 4) is 0 Å². The van der Waals surface area contributed by atoms with Gasteiger partial charge in [0.1, 0.15) is 5.82 Å². The number of piperidine rings is 2. The molecule has 6 nitrogen and oxygen atoms in total. The summed E-state index contributed by atoms with van der Waals surface area (Å²) in [7, 11) is 0. The fraction of sp³-hybridized carbons (Fsp3) is 0.522. The van der Waals surface area contributed by atoms with E-state index in [0.29, 0.717) is 49.7 Å². The third-order valence-corrected chi connectivity index (χ3v) is 6.58. The van der Waals surface area contributed by atoms with Gasteiger partial charge >= 0.3 is 0 Å². The summed E-state index contributed by atoms with van der Waals surface area (Å²) in [5, 5.41) is 10.9. The van der Waals surface area contributed by atoms with E-state index in [2.05, 4.69) is 21.8 Å². The summed E-state index contributed by atoms with van der Waals surface area (Å²) >= 11 is 0. The van der Waals surface area contributed by atoms with E-state index in [1.807, 2.05) is 17.3 Å². The van der Waals surface area contributed by atoms with Crippen LogP contribution < -0.4 is 4.90 Å². The van der Waals surface area contributed by atoms with Crippen molar-refractivity contribution in [3.63, 3.8) is 0 Å². The fourth-order valence-electron chi connectivity index (χ4n) is 4.79. The maximum atomic E-state index is 13.5. The topological polar surface area (TPSA) is 69.6 Å². The molecule has 1 spiro atoms. The molecule has 2 saturated heterocycles. The number of hydrogen-bond donors (Lipinski definition) is 1. The number of aromatic nitrogens is 2. The van der Waals surface area contributed by atoms with Gasteiger partial charge in [-0.15, -0.1) is 0 Å². The predicted octanol–water partition coefficient (Wildman–Crippen LogP) is 2.98. The van der Waals surface area contributed by atoms with Crippen LogP contribution in [0.2, 0.25) is 0 Å². The first kappa shape index (κ1) is 20.7. The summed E-state index contributed by atoms with van der Waals surface area (Å²) in [5.41, 5.74) is 1.84. The number of aliphatic hydroxyl groups is 1. The molecule has 2 atom stereocenters. The van der Waals surface area contributed by atoms with Crippen molar-refractivity contribution >= 4 is 11.9 Å². The van der Waals surface area contributed by atoms with E-state index in [4.69, 9.17) is 0 Å². The minimum Gasteiger partial charge on any atom is -0.392 e. The Hall–Kier alpha value is -2.54. The maximum absolute atomic E-state index is 13.5. The van der Waals surface area contributed by atoms with Crippen LogP contribution in [0.15, 0.2) is 30.6 Å². The van der Waals surface area contributed by atoms with Crippen molar-refractivity contribution in [2.45, 2.75) is 45.6 Å². The van der Waals surface area contributed by atoms with Crippen molar-refractivity contribution in [2.24, 2.45) is 5.41 Å². The fourth-order valence-corrected chi connectivity index (χ4v) is 4.79. The molecular formula is C23H29FN4O2.